The Labute approximate surface area is 167 Å². The summed E-state index contributed by atoms with van der Waals surface area (Å²) in [6.45, 7) is 0. The number of nitro benzene ring substituents is 1. The number of carboxylic acids is 1. The highest BCUT2D eigenvalue weighted by atomic mass is 16.6. The number of benzene rings is 3. The fourth-order valence-electron chi connectivity index (χ4n) is 4.98. The zero-order chi connectivity index (χ0) is 20.1. The maximum absolute atomic E-state index is 11.8. The summed E-state index contributed by atoms with van der Waals surface area (Å²) in [6.07, 6.45) is 0.763. The van der Waals surface area contributed by atoms with E-state index >= 15 is 0 Å². The Kier molecular flexibility index (Phi) is 3.87. The number of anilines is 1. The van der Waals surface area contributed by atoms with Gasteiger partial charge in [0.1, 0.15) is 0 Å². The Hall–Kier alpha value is -3.67. The van der Waals surface area contributed by atoms with Gasteiger partial charge in [0.15, 0.2) is 0 Å². The van der Waals surface area contributed by atoms with Crippen LogP contribution in [0.3, 0.4) is 0 Å². The highest BCUT2D eigenvalue weighted by molar-refractivity contribution is 5.94. The maximum Gasteiger partial charge on any atom is 0.274 e. The molecular formula is C23H17N2O4-. The fraction of sp³-hybridized carbons (Fsp3) is 0.174. The molecule has 3 atom stereocenters. The first-order chi connectivity index (χ1) is 14.1. The lowest BCUT2D eigenvalue weighted by Crippen LogP contribution is -2.33. The summed E-state index contributed by atoms with van der Waals surface area (Å²) in [5, 5.41) is 26.8. The molecule has 2 aliphatic rings. The molecule has 6 heteroatoms. The number of para-hydroxylation sites is 2. The van der Waals surface area contributed by atoms with Crippen molar-refractivity contribution in [2.24, 2.45) is 5.92 Å². The third kappa shape index (κ3) is 2.60. The highest BCUT2D eigenvalue weighted by Crippen LogP contribution is 2.55. The number of carboxylic acid groups (broad SMARTS) is 1. The van der Waals surface area contributed by atoms with Gasteiger partial charge in [0.2, 0.25) is 0 Å². The molecule has 0 saturated carbocycles. The number of nitrogens with one attached hydrogen (secondary N) is 1. The van der Waals surface area contributed by atoms with E-state index < -0.39 is 5.97 Å². The van der Waals surface area contributed by atoms with Gasteiger partial charge in [-0.05, 0) is 29.0 Å². The SMILES string of the molecule is O=C([O-])c1cccc2c1N[C@H](c1ccccc1[N+](=O)[O-])[C@@H]1Cc3ccccc3[C@H]21. The van der Waals surface area contributed by atoms with Crippen molar-refractivity contribution >= 4 is 17.3 Å². The second kappa shape index (κ2) is 6.44. The average molecular weight is 385 g/mol. The molecule has 3 aromatic rings. The predicted molar refractivity (Wildman–Crippen MR) is 106 cm³/mol. The van der Waals surface area contributed by atoms with E-state index in [0.29, 0.717) is 11.3 Å². The van der Waals surface area contributed by atoms with Gasteiger partial charge < -0.3 is 15.2 Å². The van der Waals surface area contributed by atoms with Crippen molar-refractivity contribution in [2.45, 2.75) is 18.4 Å². The van der Waals surface area contributed by atoms with E-state index in [1.807, 2.05) is 18.2 Å². The minimum absolute atomic E-state index is 0.0356. The maximum atomic E-state index is 11.8. The first-order valence-corrected chi connectivity index (χ1v) is 9.48. The molecule has 0 bridgehead atoms. The molecule has 0 fully saturated rings. The summed E-state index contributed by atoms with van der Waals surface area (Å²) < 4.78 is 0. The van der Waals surface area contributed by atoms with Crippen LogP contribution in [0.1, 0.15) is 44.6 Å². The molecule has 0 saturated heterocycles. The molecule has 0 unspecified atom stereocenters. The van der Waals surface area contributed by atoms with E-state index in [4.69, 9.17) is 0 Å². The van der Waals surface area contributed by atoms with Crippen molar-refractivity contribution in [3.63, 3.8) is 0 Å². The third-order valence-electron chi connectivity index (χ3n) is 6.12. The van der Waals surface area contributed by atoms with Crippen LogP contribution < -0.4 is 10.4 Å². The number of rotatable bonds is 3. The standard InChI is InChI=1S/C23H18N2O4/c26-23(27)17-10-5-9-16-20-14-7-2-1-6-13(14)12-18(20)21(24-22(16)17)15-8-3-4-11-19(15)25(28)29/h1-11,18,20-21,24H,12H2,(H,26,27)/p-1/t18-,20-,21-/m1/s1. The van der Waals surface area contributed by atoms with E-state index in [1.54, 1.807) is 24.3 Å². The molecule has 6 nitrogen and oxygen atoms in total. The van der Waals surface area contributed by atoms with Gasteiger partial charge in [-0.2, -0.15) is 0 Å². The van der Waals surface area contributed by atoms with Gasteiger partial charge >= 0.3 is 0 Å². The van der Waals surface area contributed by atoms with Crippen molar-refractivity contribution in [3.05, 3.63) is 105 Å². The van der Waals surface area contributed by atoms with Gasteiger partial charge in [-0.1, -0.05) is 60.7 Å². The molecule has 1 aliphatic heterocycles. The summed E-state index contributed by atoms with van der Waals surface area (Å²) in [5.41, 5.74) is 4.42. The van der Waals surface area contributed by atoms with Gasteiger partial charge in [0.25, 0.3) is 5.69 Å². The van der Waals surface area contributed by atoms with Crippen molar-refractivity contribution < 1.29 is 14.8 Å². The van der Waals surface area contributed by atoms with Gasteiger partial charge in [-0.15, -0.1) is 0 Å². The van der Waals surface area contributed by atoms with Crippen molar-refractivity contribution in [1.82, 2.24) is 0 Å². The Morgan fingerprint density at radius 1 is 0.931 bits per heavy atom. The Bertz CT molecular complexity index is 1160. The largest absolute Gasteiger partial charge is 0.545 e. The normalized spacial score (nSPS) is 21.4. The average Bonchev–Trinajstić information content (AvgIpc) is 3.12. The van der Waals surface area contributed by atoms with E-state index in [2.05, 4.69) is 17.4 Å². The number of aromatic carboxylic acids is 1. The Balaban J connectivity index is 1.75. The van der Waals surface area contributed by atoms with Gasteiger partial charge in [0.05, 0.1) is 22.5 Å². The van der Waals surface area contributed by atoms with E-state index in [-0.39, 0.29) is 34.1 Å². The summed E-state index contributed by atoms with van der Waals surface area (Å²) in [5.74, 6) is -1.26. The minimum Gasteiger partial charge on any atom is -0.545 e. The van der Waals surface area contributed by atoms with Gasteiger partial charge in [-0.25, -0.2) is 0 Å². The zero-order valence-corrected chi connectivity index (χ0v) is 15.4. The van der Waals surface area contributed by atoms with Crippen molar-refractivity contribution in [2.75, 3.05) is 5.32 Å². The van der Waals surface area contributed by atoms with Crippen molar-refractivity contribution in [1.29, 1.82) is 0 Å². The second-order valence-electron chi connectivity index (χ2n) is 7.54. The summed E-state index contributed by atoms with van der Waals surface area (Å²) in [7, 11) is 0. The fourth-order valence-corrected chi connectivity index (χ4v) is 4.98. The molecule has 144 valence electrons. The molecule has 0 spiro atoms. The number of hydrogen-bond donors (Lipinski definition) is 1. The van der Waals surface area contributed by atoms with E-state index in [1.165, 1.54) is 17.7 Å². The van der Waals surface area contributed by atoms with Crippen LogP contribution in [0.2, 0.25) is 0 Å². The number of hydrogen-bond acceptors (Lipinski definition) is 5. The van der Waals surface area contributed by atoms with Crippen LogP contribution in [0, 0.1) is 16.0 Å². The lowest BCUT2D eigenvalue weighted by Gasteiger charge is -2.38. The van der Waals surface area contributed by atoms with Crippen LogP contribution in [-0.4, -0.2) is 10.9 Å². The Morgan fingerprint density at radius 2 is 1.62 bits per heavy atom. The first kappa shape index (κ1) is 17.4. The minimum atomic E-state index is -1.26. The predicted octanol–water partition coefficient (Wildman–Crippen LogP) is 3.43. The molecular weight excluding hydrogens is 368 g/mol. The molecule has 5 rings (SSSR count). The zero-order valence-electron chi connectivity index (χ0n) is 15.4. The van der Waals surface area contributed by atoms with Gasteiger partial charge in [-0.3, -0.25) is 10.1 Å². The van der Waals surface area contributed by atoms with Crippen LogP contribution in [0.4, 0.5) is 11.4 Å². The highest BCUT2D eigenvalue weighted by Gasteiger charge is 2.45. The quantitative estimate of drug-likeness (QED) is 0.550. The molecule has 3 aromatic carbocycles. The number of nitro groups is 1. The Morgan fingerprint density at radius 3 is 2.38 bits per heavy atom. The molecule has 0 amide bonds. The van der Waals surface area contributed by atoms with Crippen LogP contribution in [-0.2, 0) is 6.42 Å². The van der Waals surface area contributed by atoms with Crippen LogP contribution in [0.15, 0.2) is 66.7 Å². The molecule has 1 heterocycles. The summed E-state index contributed by atoms with van der Waals surface area (Å²) in [6, 6.07) is 19.6. The van der Waals surface area contributed by atoms with Crippen LogP contribution >= 0.6 is 0 Å². The topological polar surface area (TPSA) is 95.3 Å². The van der Waals surface area contributed by atoms with Crippen molar-refractivity contribution in [3.8, 4) is 0 Å². The lowest BCUT2D eigenvalue weighted by atomic mass is 9.74. The van der Waals surface area contributed by atoms with Crippen LogP contribution in [0.5, 0.6) is 0 Å². The smallest absolute Gasteiger partial charge is 0.274 e. The molecule has 0 aromatic heterocycles. The molecule has 0 radical (unpaired) electrons. The lowest BCUT2D eigenvalue weighted by molar-refractivity contribution is -0.385. The monoisotopic (exact) mass is 385 g/mol. The third-order valence-corrected chi connectivity index (χ3v) is 6.12. The first-order valence-electron chi connectivity index (χ1n) is 9.48. The number of nitrogens with zero attached hydrogens (tertiary/aromatic N) is 1. The van der Waals surface area contributed by atoms with Gasteiger partial charge in [0, 0.05) is 23.2 Å². The molecule has 29 heavy (non-hydrogen) atoms. The van der Waals surface area contributed by atoms with E-state index in [9.17, 15) is 20.0 Å². The van der Waals surface area contributed by atoms with E-state index in [0.717, 1.165) is 17.5 Å². The van der Waals surface area contributed by atoms with Crippen LogP contribution in [0.25, 0.3) is 0 Å². The molecule has 1 aliphatic carbocycles. The summed E-state index contributed by atoms with van der Waals surface area (Å²) >= 11 is 0. The summed E-state index contributed by atoms with van der Waals surface area (Å²) in [4.78, 5) is 23.1. The second-order valence-corrected chi connectivity index (χ2v) is 7.54. The number of carbonyl (C=O) groups is 1. The number of carbonyl (C=O) groups excluding carboxylic acids is 1. The number of fused-ring (bicyclic) bond motifs is 5. The molecule has 1 N–H and O–H groups in total.